The lowest BCUT2D eigenvalue weighted by molar-refractivity contribution is -0.116. The van der Waals surface area contributed by atoms with E-state index in [-0.39, 0.29) is 17.9 Å². The molecule has 1 atom stereocenters. The van der Waals surface area contributed by atoms with Gasteiger partial charge >= 0.3 is 5.97 Å². The molecular weight excluding hydrogens is 424 g/mol. The lowest BCUT2D eigenvalue weighted by Crippen LogP contribution is -2.45. The first-order chi connectivity index (χ1) is 14.7. The lowest BCUT2D eigenvalue weighted by atomic mass is 10.2. The number of fused-ring (bicyclic) bond motifs is 1. The Morgan fingerprint density at radius 1 is 1.13 bits per heavy atom. The number of sulfonamides is 1. The first-order valence-electron chi connectivity index (χ1n) is 9.68. The van der Waals surface area contributed by atoms with Crippen molar-refractivity contribution >= 4 is 33.3 Å². The van der Waals surface area contributed by atoms with Gasteiger partial charge < -0.3 is 19.5 Å². The van der Waals surface area contributed by atoms with Gasteiger partial charge in [-0.05, 0) is 44.2 Å². The fourth-order valence-electron chi connectivity index (χ4n) is 3.16. The van der Waals surface area contributed by atoms with Crippen molar-refractivity contribution in [2.75, 3.05) is 35.7 Å². The first kappa shape index (κ1) is 22.4. The van der Waals surface area contributed by atoms with Crippen LogP contribution in [0.25, 0.3) is 0 Å². The highest BCUT2D eigenvalue weighted by Crippen LogP contribution is 2.35. The van der Waals surface area contributed by atoms with E-state index >= 15 is 0 Å². The highest BCUT2D eigenvalue weighted by atomic mass is 32.2. The molecule has 1 aliphatic heterocycles. The quantitative estimate of drug-likeness (QED) is 0.648. The highest BCUT2D eigenvalue weighted by molar-refractivity contribution is 7.92. The van der Waals surface area contributed by atoms with Crippen molar-refractivity contribution in [2.24, 2.45) is 0 Å². The van der Waals surface area contributed by atoms with Crippen molar-refractivity contribution in [1.29, 1.82) is 0 Å². The van der Waals surface area contributed by atoms with Crippen molar-refractivity contribution in [3.8, 4) is 11.5 Å². The van der Waals surface area contributed by atoms with Gasteiger partial charge in [0.25, 0.3) is 0 Å². The van der Waals surface area contributed by atoms with Gasteiger partial charge in [0.15, 0.2) is 11.5 Å². The number of carbonyl (C=O) groups excluding carboxylic acids is 2. The second-order valence-electron chi connectivity index (χ2n) is 6.85. The van der Waals surface area contributed by atoms with Crippen LogP contribution in [0.1, 0.15) is 24.2 Å². The number of benzene rings is 2. The maximum atomic E-state index is 12.9. The summed E-state index contributed by atoms with van der Waals surface area (Å²) in [6.45, 7) is 4.16. The molecule has 1 aliphatic rings. The molecule has 0 radical (unpaired) electrons. The molecule has 0 unspecified atom stereocenters. The average molecular weight is 448 g/mol. The number of ether oxygens (including phenoxy) is 3. The summed E-state index contributed by atoms with van der Waals surface area (Å²) in [5.41, 5.74) is 0.895. The zero-order chi connectivity index (χ0) is 22.6. The van der Waals surface area contributed by atoms with E-state index in [9.17, 15) is 18.0 Å². The van der Waals surface area contributed by atoms with Gasteiger partial charge in [-0.2, -0.15) is 0 Å². The predicted molar refractivity (Wildman–Crippen MR) is 115 cm³/mol. The van der Waals surface area contributed by atoms with Crippen molar-refractivity contribution in [2.45, 2.75) is 19.9 Å². The van der Waals surface area contributed by atoms with Gasteiger partial charge in [-0.1, -0.05) is 6.07 Å². The number of anilines is 2. The standard InChI is InChI=1S/C21H24N2O7S/c1-4-28-21(25)15-6-5-7-16(12-15)22-20(24)14(2)23(31(3,26)27)17-8-9-18-19(13-17)30-11-10-29-18/h5-9,12-14H,4,10-11H2,1-3H3,(H,22,24)/t14-/m0/s1. The molecule has 0 aromatic heterocycles. The van der Waals surface area contributed by atoms with Crippen LogP contribution >= 0.6 is 0 Å². The zero-order valence-corrected chi connectivity index (χ0v) is 18.3. The number of hydrogen-bond acceptors (Lipinski definition) is 7. The van der Waals surface area contributed by atoms with Crippen molar-refractivity contribution in [1.82, 2.24) is 0 Å². The Hall–Kier alpha value is -3.27. The van der Waals surface area contributed by atoms with E-state index in [2.05, 4.69) is 5.32 Å². The Bertz CT molecular complexity index is 1080. The highest BCUT2D eigenvalue weighted by Gasteiger charge is 2.30. The zero-order valence-electron chi connectivity index (χ0n) is 17.5. The summed E-state index contributed by atoms with van der Waals surface area (Å²) >= 11 is 0. The summed E-state index contributed by atoms with van der Waals surface area (Å²) in [7, 11) is -3.81. The van der Waals surface area contributed by atoms with Crippen LogP contribution in [0.2, 0.25) is 0 Å². The van der Waals surface area contributed by atoms with Crippen LogP contribution in [0.4, 0.5) is 11.4 Å². The molecule has 9 nitrogen and oxygen atoms in total. The Balaban J connectivity index is 1.84. The van der Waals surface area contributed by atoms with E-state index in [1.807, 2.05) is 0 Å². The van der Waals surface area contributed by atoms with Crippen LogP contribution in [0, 0.1) is 0 Å². The van der Waals surface area contributed by atoms with Crippen LogP contribution < -0.4 is 19.1 Å². The van der Waals surface area contributed by atoms with E-state index < -0.39 is 27.9 Å². The Labute approximate surface area is 181 Å². The van der Waals surface area contributed by atoms with Crippen LogP contribution in [0.15, 0.2) is 42.5 Å². The fourth-order valence-corrected chi connectivity index (χ4v) is 4.33. The molecule has 0 bridgehead atoms. The van der Waals surface area contributed by atoms with Gasteiger partial charge in [-0.25, -0.2) is 13.2 Å². The van der Waals surface area contributed by atoms with E-state index in [1.165, 1.54) is 19.1 Å². The topological polar surface area (TPSA) is 111 Å². The Kier molecular flexibility index (Phi) is 6.69. The maximum absolute atomic E-state index is 12.9. The molecule has 1 amide bonds. The number of hydrogen-bond donors (Lipinski definition) is 1. The minimum absolute atomic E-state index is 0.227. The number of rotatable bonds is 7. The fraction of sp³-hybridized carbons (Fsp3) is 0.333. The van der Waals surface area contributed by atoms with Crippen LogP contribution in [-0.2, 0) is 19.6 Å². The minimum atomic E-state index is -3.81. The molecule has 0 aliphatic carbocycles. The molecule has 1 heterocycles. The Morgan fingerprint density at radius 3 is 2.52 bits per heavy atom. The van der Waals surface area contributed by atoms with Crippen molar-refractivity contribution in [3.05, 3.63) is 48.0 Å². The van der Waals surface area contributed by atoms with Crippen molar-refractivity contribution < 1.29 is 32.2 Å². The molecule has 0 fully saturated rings. The average Bonchev–Trinajstić information content (AvgIpc) is 2.73. The summed E-state index contributed by atoms with van der Waals surface area (Å²) in [6.07, 6.45) is 1.02. The summed E-state index contributed by atoms with van der Waals surface area (Å²) < 4.78 is 42.0. The molecule has 10 heteroatoms. The second-order valence-corrected chi connectivity index (χ2v) is 8.71. The molecule has 166 valence electrons. The van der Waals surface area contributed by atoms with Crippen molar-refractivity contribution in [3.63, 3.8) is 0 Å². The summed E-state index contributed by atoms with van der Waals surface area (Å²) in [6, 6.07) is 9.84. The van der Waals surface area contributed by atoms with Crippen LogP contribution in [-0.4, -0.2) is 52.4 Å². The smallest absolute Gasteiger partial charge is 0.338 e. The summed E-state index contributed by atoms with van der Waals surface area (Å²) in [5.74, 6) is -0.162. The third-order valence-corrected chi connectivity index (χ3v) is 5.75. The van der Waals surface area contributed by atoms with E-state index in [0.29, 0.717) is 30.4 Å². The first-order valence-corrected chi connectivity index (χ1v) is 11.5. The number of amides is 1. The van der Waals surface area contributed by atoms with Crippen LogP contribution in [0.3, 0.4) is 0 Å². The summed E-state index contributed by atoms with van der Waals surface area (Å²) in [5, 5.41) is 2.65. The monoisotopic (exact) mass is 448 g/mol. The molecule has 2 aromatic rings. The van der Waals surface area contributed by atoms with E-state index in [4.69, 9.17) is 14.2 Å². The third kappa shape index (κ3) is 5.26. The van der Waals surface area contributed by atoms with E-state index in [1.54, 1.807) is 37.3 Å². The molecule has 31 heavy (non-hydrogen) atoms. The molecule has 2 aromatic carbocycles. The molecular formula is C21H24N2O7S. The molecule has 1 N–H and O–H groups in total. The molecule has 0 saturated heterocycles. The van der Waals surface area contributed by atoms with E-state index in [0.717, 1.165) is 10.6 Å². The minimum Gasteiger partial charge on any atom is -0.486 e. The van der Waals surface area contributed by atoms with Gasteiger partial charge in [-0.3, -0.25) is 9.10 Å². The molecule has 0 spiro atoms. The molecule has 0 saturated carbocycles. The number of esters is 1. The van der Waals surface area contributed by atoms with Gasteiger partial charge in [0.1, 0.15) is 19.3 Å². The second kappa shape index (κ2) is 9.25. The number of carbonyl (C=O) groups is 2. The third-order valence-electron chi connectivity index (χ3n) is 4.51. The SMILES string of the molecule is CCOC(=O)c1cccc(NC(=O)[C@H](C)N(c2ccc3c(c2)OCCO3)S(C)(=O)=O)c1. The number of nitrogens with one attached hydrogen (secondary N) is 1. The van der Waals surface area contributed by atoms with Crippen LogP contribution in [0.5, 0.6) is 11.5 Å². The Morgan fingerprint density at radius 2 is 1.84 bits per heavy atom. The van der Waals surface area contributed by atoms with Gasteiger partial charge in [-0.15, -0.1) is 0 Å². The predicted octanol–water partition coefficient (Wildman–Crippen LogP) is 2.43. The van der Waals surface area contributed by atoms with Gasteiger partial charge in [0.05, 0.1) is 24.1 Å². The van der Waals surface area contributed by atoms with Gasteiger partial charge in [0.2, 0.25) is 15.9 Å². The normalized spacial score (nSPS) is 13.8. The maximum Gasteiger partial charge on any atom is 0.338 e. The lowest BCUT2D eigenvalue weighted by Gasteiger charge is -2.29. The summed E-state index contributed by atoms with van der Waals surface area (Å²) in [4.78, 5) is 24.8. The largest absolute Gasteiger partial charge is 0.486 e. The molecule has 3 rings (SSSR count). The van der Waals surface area contributed by atoms with Gasteiger partial charge in [0, 0.05) is 11.8 Å². The number of nitrogens with zero attached hydrogens (tertiary/aromatic N) is 1.